The highest BCUT2D eigenvalue weighted by molar-refractivity contribution is 5.83. The molecule has 0 amide bonds. The minimum atomic E-state index is 0.00657. The van der Waals surface area contributed by atoms with Gasteiger partial charge in [0.2, 0.25) is 0 Å². The van der Waals surface area contributed by atoms with Gasteiger partial charge in [-0.15, -0.1) is 0 Å². The maximum atomic E-state index is 6.25. The number of ether oxygens (including phenoxy) is 1. The Labute approximate surface area is 237 Å². The number of anilines is 1. The van der Waals surface area contributed by atoms with Gasteiger partial charge in [0.05, 0.1) is 0 Å². The molecule has 2 aliphatic rings. The topological polar surface area (TPSA) is 12.5 Å². The van der Waals surface area contributed by atoms with Crippen molar-refractivity contribution in [2.75, 3.05) is 11.9 Å². The number of fused-ring (bicyclic) bond motifs is 2. The predicted octanol–water partition coefficient (Wildman–Crippen LogP) is 11.7. The molecule has 0 radical (unpaired) electrons. The van der Waals surface area contributed by atoms with Gasteiger partial charge in [0.25, 0.3) is 0 Å². The Morgan fingerprint density at radius 2 is 1.50 bits per heavy atom. The molecule has 0 aliphatic carbocycles. The first kappa shape index (κ1) is 34.1. The molecule has 2 aliphatic heterocycles. The summed E-state index contributed by atoms with van der Waals surface area (Å²) in [7, 11) is 2.22. The summed E-state index contributed by atoms with van der Waals surface area (Å²) in [6.07, 6.45) is 16.6. The van der Waals surface area contributed by atoms with E-state index in [9.17, 15) is 0 Å². The Morgan fingerprint density at radius 3 is 2.00 bits per heavy atom. The zero-order chi connectivity index (χ0) is 29.3. The minimum Gasteiger partial charge on any atom is -0.461 e. The van der Waals surface area contributed by atoms with Crippen LogP contribution in [-0.4, -0.2) is 12.6 Å². The first-order chi connectivity index (χ1) is 17.7. The van der Waals surface area contributed by atoms with Crippen molar-refractivity contribution in [1.82, 2.24) is 0 Å². The summed E-state index contributed by atoms with van der Waals surface area (Å²) in [5.74, 6) is 2.48. The molecule has 3 rings (SSSR count). The molecule has 0 N–H and O–H groups in total. The van der Waals surface area contributed by atoms with Crippen LogP contribution in [0.15, 0.2) is 42.2 Å². The van der Waals surface area contributed by atoms with E-state index in [2.05, 4.69) is 138 Å². The fourth-order valence-electron chi connectivity index (χ4n) is 5.02. The summed E-state index contributed by atoms with van der Waals surface area (Å²) in [5.41, 5.74) is 5.68. The second kappa shape index (κ2) is 14.4. The lowest BCUT2D eigenvalue weighted by Gasteiger charge is -2.46. The molecule has 2 heterocycles. The van der Waals surface area contributed by atoms with E-state index in [0.29, 0.717) is 5.92 Å². The molecule has 0 spiro atoms. The highest BCUT2D eigenvalue weighted by Crippen LogP contribution is 2.48. The molecule has 1 aromatic rings. The van der Waals surface area contributed by atoms with Crippen molar-refractivity contribution >= 4 is 11.3 Å². The Balaban J connectivity index is 0.00000110. The van der Waals surface area contributed by atoms with Crippen LogP contribution in [-0.2, 0) is 0 Å². The largest absolute Gasteiger partial charge is 0.461 e. The molecule has 38 heavy (non-hydrogen) atoms. The SMILES string of the molecule is CCC.CCC.CCC(C)(/C=C/C(C)(CC)CC)/C=C1\C=C(C)Oc2cc3c(cc21)C(C)CC(C)(C)N3C. The van der Waals surface area contributed by atoms with Crippen molar-refractivity contribution in [3.63, 3.8) is 0 Å². The second-order valence-corrected chi connectivity index (χ2v) is 12.8. The van der Waals surface area contributed by atoms with Gasteiger partial charge in [-0.3, -0.25) is 0 Å². The lowest BCUT2D eigenvalue weighted by atomic mass is 9.77. The van der Waals surface area contributed by atoms with Crippen LogP contribution in [0.4, 0.5) is 5.69 Å². The van der Waals surface area contributed by atoms with Crippen molar-refractivity contribution in [3.8, 4) is 5.75 Å². The third-order valence-electron chi connectivity index (χ3n) is 8.40. The molecule has 2 atom stereocenters. The summed E-state index contributed by atoms with van der Waals surface area (Å²) in [6, 6.07) is 4.68. The van der Waals surface area contributed by atoms with Gasteiger partial charge in [0.15, 0.2) is 0 Å². The van der Waals surface area contributed by atoms with E-state index >= 15 is 0 Å². The van der Waals surface area contributed by atoms with Crippen molar-refractivity contribution in [2.45, 2.75) is 140 Å². The molecule has 0 aromatic heterocycles. The molecule has 2 heteroatoms. The monoisotopic (exact) mass is 523 g/mol. The van der Waals surface area contributed by atoms with Crippen LogP contribution < -0.4 is 9.64 Å². The van der Waals surface area contributed by atoms with E-state index in [1.165, 1.54) is 48.1 Å². The number of hydrogen-bond donors (Lipinski definition) is 0. The van der Waals surface area contributed by atoms with Gasteiger partial charge in [-0.25, -0.2) is 0 Å². The van der Waals surface area contributed by atoms with E-state index in [4.69, 9.17) is 4.74 Å². The number of benzene rings is 1. The summed E-state index contributed by atoms with van der Waals surface area (Å²) in [5, 5.41) is 0. The van der Waals surface area contributed by atoms with Gasteiger partial charge in [0.1, 0.15) is 11.5 Å². The molecule has 216 valence electrons. The van der Waals surface area contributed by atoms with E-state index < -0.39 is 0 Å². The molecule has 0 fully saturated rings. The van der Waals surface area contributed by atoms with Crippen molar-refractivity contribution < 1.29 is 4.74 Å². The molecule has 0 saturated carbocycles. The fourth-order valence-corrected chi connectivity index (χ4v) is 5.02. The lowest BCUT2D eigenvalue weighted by molar-refractivity contribution is 0.387. The normalized spacial score (nSPS) is 20.7. The van der Waals surface area contributed by atoms with Gasteiger partial charge in [-0.2, -0.15) is 0 Å². The smallest absolute Gasteiger partial charge is 0.136 e. The third kappa shape index (κ3) is 8.52. The summed E-state index contributed by atoms with van der Waals surface area (Å²) >= 11 is 0. The van der Waals surface area contributed by atoms with Crippen LogP contribution in [0, 0.1) is 10.8 Å². The maximum Gasteiger partial charge on any atom is 0.136 e. The van der Waals surface area contributed by atoms with Crippen LogP contribution in [0.1, 0.15) is 146 Å². The molecule has 0 saturated heterocycles. The Morgan fingerprint density at radius 1 is 0.947 bits per heavy atom. The van der Waals surface area contributed by atoms with Gasteiger partial charge < -0.3 is 9.64 Å². The summed E-state index contributed by atoms with van der Waals surface area (Å²) in [6.45, 7) is 29.2. The third-order valence-corrected chi connectivity index (χ3v) is 8.40. The summed E-state index contributed by atoms with van der Waals surface area (Å²) in [4.78, 5) is 2.43. The maximum absolute atomic E-state index is 6.25. The molecule has 2 unspecified atom stereocenters. The van der Waals surface area contributed by atoms with Crippen molar-refractivity contribution in [2.24, 2.45) is 10.8 Å². The highest BCUT2D eigenvalue weighted by atomic mass is 16.5. The first-order valence-corrected chi connectivity index (χ1v) is 15.4. The Hall–Kier alpha value is -1.96. The quantitative estimate of drug-likeness (QED) is 0.344. The molecular formula is C36H61NO. The molecule has 1 aromatic carbocycles. The van der Waals surface area contributed by atoms with Crippen molar-refractivity contribution in [3.05, 3.63) is 53.3 Å². The van der Waals surface area contributed by atoms with Gasteiger partial charge in [-0.05, 0) is 81.1 Å². The van der Waals surface area contributed by atoms with E-state index in [1.54, 1.807) is 0 Å². The number of rotatable bonds is 6. The number of allylic oxidation sites excluding steroid dienone is 6. The Bertz CT molecular complexity index is 973. The predicted molar refractivity (Wildman–Crippen MR) is 172 cm³/mol. The second-order valence-electron chi connectivity index (χ2n) is 12.8. The molecular weight excluding hydrogens is 462 g/mol. The van der Waals surface area contributed by atoms with Gasteiger partial charge in [-0.1, -0.05) is 100 Å². The number of hydrogen-bond acceptors (Lipinski definition) is 2. The standard InChI is InChI=1S/C30H45NO.2C3H8/c1-11-29(8,12-2)14-15-30(9,13-3)20-23-16-22(5)32-27-18-26-24(17-25(23)27)21(4)19-28(6,7)31(26)10;2*1-3-2/h14-18,20-21H,11-13,19H2,1-10H3;2*3H2,1-2H3/b15-14+,23-20+;;. The molecule has 2 nitrogen and oxygen atoms in total. The van der Waals surface area contributed by atoms with Gasteiger partial charge in [0, 0.05) is 35.3 Å². The fraction of sp³-hybridized carbons (Fsp3) is 0.667. The highest BCUT2D eigenvalue weighted by Gasteiger charge is 2.36. The van der Waals surface area contributed by atoms with Crippen LogP contribution in [0.5, 0.6) is 5.75 Å². The molecule has 0 bridgehead atoms. The minimum absolute atomic E-state index is 0.00657. The average Bonchev–Trinajstić information content (AvgIpc) is 2.86. The number of nitrogens with zero attached hydrogens (tertiary/aromatic N) is 1. The Kier molecular flexibility index (Phi) is 12.9. The zero-order valence-corrected chi connectivity index (χ0v) is 27.6. The first-order valence-electron chi connectivity index (χ1n) is 15.4. The van der Waals surface area contributed by atoms with E-state index in [0.717, 1.165) is 24.4 Å². The lowest BCUT2D eigenvalue weighted by Crippen LogP contribution is -2.45. The van der Waals surface area contributed by atoms with Crippen LogP contribution in [0.2, 0.25) is 0 Å². The zero-order valence-electron chi connectivity index (χ0n) is 27.6. The summed E-state index contributed by atoms with van der Waals surface area (Å²) < 4.78 is 6.25. The average molecular weight is 524 g/mol. The van der Waals surface area contributed by atoms with Crippen LogP contribution in [0.3, 0.4) is 0 Å². The van der Waals surface area contributed by atoms with Crippen LogP contribution in [0.25, 0.3) is 5.57 Å². The van der Waals surface area contributed by atoms with Crippen LogP contribution >= 0.6 is 0 Å². The van der Waals surface area contributed by atoms with E-state index in [1.807, 2.05) is 0 Å². The van der Waals surface area contributed by atoms with E-state index in [-0.39, 0.29) is 16.4 Å². The van der Waals surface area contributed by atoms with Gasteiger partial charge >= 0.3 is 0 Å². The van der Waals surface area contributed by atoms with Crippen molar-refractivity contribution in [1.29, 1.82) is 0 Å².